The Labute approximate surface area is 86.0 Å². The molecular weight excluding hydrogens is 198 g/mol. The van der Waals surface area contributed by atoms with Crippen molar-refractivity contribution in [2.24, 2.45) is 0 Å². The molecule has 68 valence electrons. The second kappa shape index (κ2) is 3.52. The van der Waals surface area contributed by atoms with Crippen LogP contribution in [0.5, 0.6) is 0 Å². The zero-order valence-corrected chi connectivity index (χ0v) is 7.92. The van der Waals surface area contributed by atoms with Crippen LogP contribution in [0.2, 0.25) is 5.15 Å². The number of H-pyrrole nitrogens is 1. The van der Waals surface area contributed by atoms with Crippen LogP contribution in [0, 0.1) is 11.3 Å². The Morgan fingerprint density at radius 1 is 1.29 bits per heavy atom. The molecule has 1 aromatic carbocycles. The lowest BCUT2D eigenvalue weighted by Crippen LogP contribution is -1.79. The SMILES string of the molecule is N#Cc1ccc(-c2nc[nH]c2Cl)cc1. The molecular formula is C10H6ClN3. The zero-order valence-electron chi connectivity index (χ0n) is 7.16. The Balaban J connectivity index is 2.45. The number of rotatable bonds is 1. The minimum Gasteiger partial charge on any atom is -0.335 e. The van der Waals surface area contributed by atoms with E-state index < -0.39 is 0 Å². The molecule has 0 radical (unpaired) electrons. The number of nitriles is 1. The Morgan fingerprint density at radius 2 is 2.00 bits per heavy atom. The summed E-state index contributed by atoms with van der Waals surface area (Å²) in [6.45, 7) is 0. The van der Waals surface area contributed by atoms with E-state index in [9.17, 15) is 0 Å². The van der Waals surface area contributed by atoms with Crippen molar-refractivity contribution < 1.29 is 0 Å². The zero-order chi connectivity index (χ0) is 9.97. The van der Waals surface area contributed by atoms with Crippen molar-refractivity contribution in [3.63, 3.8) is 0 Å². The van der Waals surface area contributed by atoms with Gasteiger partial charge in [-0.2, -0.15) is 5.26 Å². The Hall–Kier alpha value is -1.79. The summed E-state index contributed by atoms with van der Waals surface area (Å²) < 4.78 is 0. The third-order valence-electron chi connectivity index (χ3n) is 1.88. The van der Waals surface area contributed by atoms with Crippen LogP contribution in [-0.2, 0) is 0 Å². The van der Waals surface area contributed by atoms with Gasteiger partial charge in [0.25, 0.3) is 0 Å². The number of hydrogen-bond acceptors (Lipinski definition) is 2. The van der Waals surface area contributed by atoms with Gasteiger partial charge in [-0.15, -0.1) is 0 Å². The number of benzene rings is 1. The van der Waals surface area contributed by atoms with Crippen molar-refractivity contribution in [3.05, 3.63) is 41.3 Å². The number of hydrogen-bond donors (Lipinski definition) is 1. The van der Waals surface area contributed by atoms with Crippen molar-refractivity contribution >= 4 is 11.6 Å². The third-order valence-corrected chi connectivity index (χ3v) is 2.17. The van der Waals surface area contributed by atoms with Crippen molar-refractivity contribution in [2.45, 2.75) is 0 Å². The topological polar surface area (TPSA) is 52.5 Å². The van der Waals surface area contributed by atoms with Crippen molar-refractivity contribution in [1.29, 1.82) is 5.26 Å². The molecule has 14 heavy (non-hydrogen) atoms. The lowest BCUT2D eigenvalue weighted by atomic mass is 10.1. The molecule has 2 aromatic rings. The van der Waals surface area contributed by atoms with Crippen LogP contribution in [0.25, 0.3) is 11.3 Å². The second-order valence-corrected chi connectivity index (χ2v) is 3.13. The molecule has 1 heterocycles. The minimum absolute atomic E-state index is 0.509. The highest BCUT2D eigenvalue weighted by Crippen LogP contribution is 2.23. The van der Waals surface area contributed by atoms with Gasteiger partial charge in [-0.1, -0.05) is 23.7 Å². The van der Waals surface area contributed by atoms with E-state index in [-0.39, 0.29) is 0 Å². The van der Waals surface area contributed by atoms with Gasteiger partial charge in [0.05, 0.1) is 18.0 Å². The maximum atomic E-state index is 8.62. The van der Waals surface area contributed by atoms with Gasteiger partial charge >= 0.3 is 0 Å². The summed E-state index contributed by atoms with van der Waals surface area (Å²) in [5, 5.41) is 9.12. The van der Waals surface area contributed by atoms with E-state index >= 15 is 0 Å². The smallest absolute Gasteiger partial charge is 0.134 e. The Bertz CT molecular complexity index is 479. The van der Waals surface area contributed by atoms with Gasteiger partial charge in [0, 0.05) is 5.56 Å². The van der Waals surface area contributed by atoms with E-state index in [0.29, 0.717) is 16.4 Å². The van der Waals surface area contributed by atoms with Gasteiger partial charge in [-0.05, 0) is 12.1 Å². The molecule has 1 N–H and O–H groups in total. The molecule has 0 saturated carbocycles. The fourth-order valence-corrected chi connectivity index (χ4v) is 1.39. The summed E-state index contributed by atoms with van der Waals surface area (Å²) in [7, 11) is 0. The lowest BCUT2D eigenvalue weighted by Gasteiger charge is -1.96. The molecule has 0 atom stereocenters. The number of halogens is 1. The van der Waals surface area contributed by atoms with E-state index in [1.54, 1.807) is 12.1 Å². The average molecular weight is 204 g/mol. The van der Waals surface area contributed by atoms with Crippen molar-refractivity contribution in [2.75, 3.05) is 0 Å². The summed E-state index contributed by atoms with van der Waals surface area (Å²) in [5.41, 5.74) is 2.23. The Morgan fingerprint density at radius 3 is 2.50 bits per heavy atom. The highest BCUT2D eigenvalue weighted by molar-refractivity contribution is 6.31. The predicted molar refractivity (Wildman–Crippen MR) is 53.7 cm³/mol. The predicted octanol–water partition coefficient (Wildman–Crippen LogP) is 2.60. The quantitative estimate of drug-likeness (QED) is 0.775. The van der Waals surface area contributed by atoms with Gasteiger partial charge < -0.3 is 4.98 Å². The van der Waals surface area contributed by atoms with Gasteiger partial charge in [-0.3, -0.25) is 0 Å². The van der Waals surface area contributed by atoms with E-state index in [1.165, 1.54) is 6.33 Å². The molecule has 0 aliphatic carbocycles. The molecule has 2 rings (SSSR count). The summed E-state index contributed by atoms with van der Waals surface area (Å²) >= 11 is 5.86. The van der Waals surface area contributed by atoms with Crippen LogP contribution >= 0.6 is 11.6 Å². The highest BCUT2D eigenvalue weighted by Gasteiger charge is 2.05. The molecule has 4 heteroatoms. The summed E-state index contributed by atoms with van der Waals surface area (Å²) in [6.07, 6.45) is 1.54. The highest BCUT2D eigenvalue weighted by atomic mass is 35.5. The number of nitrogens with one attached hydrogen (secondary N) is 1. The molecule has 0 fully saturated rings. The first kappa shape index (κ1) is 8.79. The number of aromatic amines is 1. The van der Waals surface area contributed by atoms with E-state index in [2.05, 4.69) is 16.0 Å². The molecule has 0 bridgehead atoms. The maximum absolute atomic E-state index is 8.62. The van der Waals surface area contributed by atoms with Gasteiger partial charge in [0.2, 0.25) is 0 Å². The molecule has 0 unspecified atom stereocenters. The normalized spacial score (nSPS) is 9.71. The van der Waals surface area contributed by atoms with Gasteiger partial charge in [0.15, 0.2) is 0 Å². The number of imidazole rings is 1. The second-order valence-electron chi connectivity index (χ2n) is 2.75. The fraction of sp³-hybridized carbons (Fsp3) is 0. The maximum Gasteiger partial charge on any atom is 0.134 e. The molecule has 0 aliphatic heterocycles. The minimum atomic E-state index is 0.509. The number of nitrogens with zero attached hydrogens (tertiary/aromatic N) is 2. The molecule has 3 nitrogen and oxygen atoms in total. The molecule has 0 amide bonds. The monoisotopic (exact) mass is 203 g/mol. The lowest BCUT2D eigenvalue weighted by molar-refractivity contribution is 1.31. The molecule has 1 aromatic heterocycles. The van der Waals surface area contributed by atoms with Crippen LogP contribution in [0.1, 0.15) is 5.56 Å². The van der Waals surface area contributed by atoms with Crippen LogP contribution in [0.3, 0.4) is 0 Å². The molecule has 0 spiro atoms. The van der Waals surface area contributed by atoms with Gasteiger partial charge in [-0.25, -0.2) is 4.98 Å². The van der Waals surface area contributed by atoms with Crippen LogP contribution in [0.4, 0.5) is 0 Å². The van der Waals surface area contributed by atoms with E-state index in [4.69, 9.17) is 16.9 Å². The van der Waals surface area contributed by atoms with Gasteiger partial charge in [0.1, 0.15) is 10.8 Å². The number of aromatic nitrogens is 2. The summed E-state index contributed by atoms with van der Waals surface area (Å²) in [4.78, 5) is 6.86. The van der Waals surface area contributed by atoms with Crippen LogP contribution in [-0.4, -0.2) is 9.97 Å². The molecule has 0 saturated heterocycles. The van der Waals surface area contributed by atoms with Crippen molar-refractivity contribution in [1.82, 2.24) is 9.97 Å². The summed E-state index contributed by atoms with van der Waals surface area (Å²) in [5.74, 6) is 0. The third kappa shape index (κ3) is 1.48. The average Bonchev–Trinajstić information content (AvgIpc) is 2.65. The first-order valence-corrected chi connectivity index (χ1v) is 4.38. The first-order valence-electron chi connectivity index (χ1n) is 4.00. The van der Waals surface area contributed by atoms with Crippen LogP contribution in [0.15, 0.2) is 30.6 Å². The van der Waals surface area contributed by atoms with Crippen LogP contribution < -0.4 is 0 Å². The summed E-state index contributed by atoms with van der Waals surface area (Å²) in [6, 6.07) is 9.17. The van der Waals surface area contributed by atoms with Crippen molar-refractivity contribution in [3.8, 4) is 17.3 Å². The standard InChI is InChI=1S/C10H6ClN3/c11-10-9(13-6-14-10)8-3-1-7(5-12)2-4-8/h1-4,6H,(H,13,14). The van der Waals surface area contributed by atoms with E-state index in [0.717, 1.165) is 5.56 Å². The largest absolute Gasteiger partial charge is 0.335 e. The van der Waals surface area contributed by atoms with E-state index in [1.807, 2.05) is 12.1 Å². The fourth-order valence-electron chi connectivity index (χ4n) is 1.18. The molecule has 0 aliphatic rings. The first-order chi connectivity index (χ1) is 6.81. The Kier molecular flexibility index (Phi) is 2.21.